The van der Waals surface area contributed by atoms with Crippen molar-refractivity contribution in [3.05, 3.63) is 70.5 Å². The van der Waals surface area contributed by atoms with Gasteiger partial charge in [0.1, 0.15) is 11.9 Å². The normalized spacial score (nSPS) is 21.1. The molecule has 1 aliphatic heterocycles. The molecule has 0 saturated carbocycles. The van der Waals surface area contributed by atoms with Gasteiger partial charge in [-0.05, 0) is 42.8 Å². The Bertz CT molecular complexity index is 1070. The van der Waals surface area contributed by atoms with Crippen molar-refractivity contribution in [2.75, 3.05) is 21.1 Å². The third kappa shape index (κ3) is 3.96. The van der Waals surface area contributed by atoms with Crippen LogP contribution in [0.2, 0.25) is 0 Å². The summed E-state index contributed by atoms with van der Waals surface area (Å²) in [5.41, 5.74) is 6.56. The first-order valence-corrected chi connectivity index (χ1v) is 10.3. The molecule has 2 aromatic carbocycles. The van der Waals surface area contributed by atoms with Crippen LogP contribution in [0.3, 0.4) is 0 Å². The molecular weight excluding hydrogens is 411 g/mol. The molecule has 9 heteroatoms. The van der Waals surface area contributed by atoms with Crippen LogP contribution in [0.1, 0.15) is 22.3 Å². The number of likely N-dealkylation sites (N-methyl/N-ethyl adjacent to an activating group) is 1. The fraction of sp³-hybridized carbons (Fsp3) is 0.348. The van der Waals surface area contributed by atoms with E-state index in [4.69, 9.17) is 0 Å². The number of nitriles is 1. The minimum absolute atomic E-state index is 0.121. The van der Waals surface area contributed by atoms with Crippen molar-refractivity contribution in [1.29, 1.82) is 5.26 Å². The van der Waals surface area contributed by atoms with Gasteiger partial charge >= 0.3 is 0 Å². The van der Waals surface area contributed by atoms with Crippen molar-refractivity contribution >= 4 is 11.8 Å². The second-order valence-electron chi connectivity index (χ2n) is 7.66. The van der Waals surface area contributed by atoms with Gasteiger partial charge in [0.2, 0.25) is 0 Å². The van der Waals surface area contributed by atoms with E-state index in [1.165, 1.54) is 16.1 Å². The number of nitrogens with one attached hydrogen (secondary N) is 3. The first kappa shape index (κ1) is 23.3. The molecule has 0 radical (unpaired) electrons. The Morgan fingerprint density at radius 2 is 1.84 bits per heavy atom. The summed E-state index contributed by atoms with van der Waals surface area (Å²) in [5.74, 6) is -1.06. The average Bonchev–Trinajstić information content (AvgIpc) is 2.80. The molecule has 0 aliphatic carbocycles. The van der Waals surface area contributed by atoms with Gasteiger partial charge in [-0.1, -0.05) is 30.3 Å². The molecule has 2 atom stereocenters. The third-order valence-corrected chi connectivity index (χ3v) is 5.88. The number of nitrogens with zero attached hydrogens (tertiary/aromatic N) is 3. The lowest BCUT2D eigenvalue weighted by atomic mass is 9.90. The molecule has 2 aromatic rings. The molecular formula is C23H27FN6O2. The van der Waals surface area contributed by atoms with Gasteiger partial charge in [0.15, 0.2) is 5.66 Å². The number of rotatable bonds is 7. The smallest absolute Gasteiger partial charge is 0.280 e. The summed E-state index contributed by atoms with van der Waals surface area (Å²) in [6, 6.07) is 12.9. The number of piperazine rings is 1. The highest BCUT2D eigenvalue weighted by atomic mass is 19.1. The van der Waals surface area contributed by atoms with Crippen LogP contribution in [0.5, 0.6) is 0 Å². The second-order valence-corrected chi connectivity index (χ2v) is 7.66. The van der Waals surface area contributed by atoms with E-state index in [0.717, 1.165) is 0 Å². The van der Waals surface area contributed by atoms with Crippen LogP contribution in [0.15, 0.2) is 42.5 Å². The zero-order valence-corrected chi connectivity index (χ0v) is 18.6. The number of halogens is 1. The van der Waals surface area contributed by atoms with E-state index in [9.17, 15) is 19.2 Å². The van der Waals surface area contributed by atoms with Gasteiger partial charge in [-0.2, -0.15) is 5.26 Å². The predicted octanol–water partition coefficient (Wildman–Crippen LogP) is 1.01. The maximum atomic E-state index is 13.8. The number of hydrazine groups is 2. The topological polar surface area (TPSA) is 100 Å². The lowest BCUT2D eigenvalue weighted by molar-refractivity contribution is -0.181. The molecule has 3 rings (SSSR count). The van der Waals surface area contributed by atoms with Gasteiger partial charge in [0, 0.05) is 26.9 Å². The molecule has 168 valence electrons. The van der Waals surface area contributed by atoms with Gasteiger partial charge in [0.05, 0.1) is 11.6 Å². The number of hydrogen-bond donors (Lipinski definition) is 3. The summed E-state index contributed by atoms with van der Waals surface area (Å²) in [6.45, 7) is 1.65. The van der Waals surface area contributed by atoms with Crippen molar-refractivity contribution in [2.24, 2.45) is 0 Å². The van der Waals surface area contributed by atoms with Crippen LogP contribution in [0, 0.1) is 24.1 Å². The van der Waals surface area contributed by atoms with E-state index in [2.05, 4.69) is 22.2 Å². The summed E-state index contributed by atoms with van der Waals surface area (Å²) in [5, 5.41) is 15.0. The van der Waals surface area contributed by atoms with Gasteiger partial charge in [-0.25, -0.2) is 20.3 Å². The molecule has 1 saturated heterocycles. The highest BCUT2D eigenvalue weighted by molar-refractivity contribution is 5.99. The van der Waals surface area contributed by atoms with Crippen molar-refractivity contribution in [3.63, 3.8) is 0 Å². The second kappa shape index (κ2) is 9.44. The third-order valence-electron chi connectivity index (χ3n) is 5.88. The highest BCUT2D eigenvalue weighted by Crippen LogP contribution is 2.29. The first-order valence-electron chi connectivity index (χ1n) is 10.3. The van der Waals surface area contributed by atoms with Gasteiger partial charge < -0.3 is 0 Å². The number of amides is 2. The first-order chi connectivity index (χ1) is 15.3. The van der Waals surface area contributed by atoms with Gasteiger partial charge in [-0.3, -0.25) is 19.9 Å². The molecule has 3 N–H and O–H groups in total. The Morgan fingerprint density at radius 3 is 2.44 bits per heavy atom. The van der Waals surface area contributed by atoms with Gasteiger partial charge in [-0.15, -0.1) is 0 Å². The molecule has 2 unspecified atom stereocenters. The molecule has 32 heavy (non-hydrogen) atoms. The predicted molar refractivity (Wildman–Crippen MR) is 117 cm³/mol. The van der Waals surface area contributed by atoms with Crippen LogP contribution in [-0.2, 0) is 22.4 Å². The minimum atomic E-state index is -1.44. The maximum absolute atomic E-state index is 13.8. The van der Waals surface area contributed by atoms with E-state index >= 15 is 0 Å². The van der Waals surface area contributed by atoms with Gasteiger partial charge in [0.25, 0.3) is 11.8 Å². The van der Waals surface area contributed by atoms with Crippen LogP contribution in [0.25, 0.3) is 0 Å². The van der Waals surface area contributed by atoms with Crippen molar-refractivity contribution < 1.29 is 14.0 Å². The molecule has 1 heterocycles. The molecule has 1 aliphatic rings. The number of carbonyl (C=O) groups is 2. The van der Waals surface area contributed by atoms with E-state index in [0.29, 0.717) is 22.3 Å². The van der Waals surface area contributed by atoms with Crippen molar-refractivity contribution in [2.45, 2.75) is 31.5 Å². The van der Waals surface area contributed by atoms with Crippen molar-refractivity contribution in [3.8, 4) is 6.07 Å². The Labute approximate surface area is 186 Å². The van der Waals surface area contributed by atoms with Crippen LogP contribution in [-0.4, -0.2) is 54.7 Å². The largest absolute Gasteiger partial charge is 0.288 e. The number of aryl methyl sites for hydroxylation is 1. The maximum Gasteiger partial charge on any atom is 0.280 e. The quantitative estimate of drug-likeness (QED) is 0.597. The SMILES string of the molecule is CNN1C(=O)C(Cc2ccc(F)c(C)c2)(NC)N(NC)C(=O)C1Cc1ccccc1C#N. The van der Waals surface area contributed by atoms with Crippen LogP contribution >= 0.6 is 0 Å². The van der Waals surface area contributed by atoms with E-state index in [-0.39, 0.29) is 30.5 Å². The summed E-state index contributed by atoms with van der Waals surface area (Å²) < 4.78 is 13.8. The monoisotopic (exact) mass is 438 g/mol. The Hall–Kier alpha value is -3.32. The zero-order valence-electron chi connectivity index (χ0n) is 18.6. The molecule has 1 fully saturated rings. The van der Waals surface area contributed by atoms with Crippen molar-refractivity contribution in [1.82, 2.24) is 26.2 Å². The lowest BCUT2D eigenvalue weighted by Crippen LogP contribution is -2.80. The molecule has 0 bridgehead atoms. The van der Waals surface area contributed by atoms with E-state index < -0.39 is 11.7 Å². The highest BCUT2D eigenvalue weighted by Gasteiger charge is 2.56. The fourth-order valence-electron chi connectivity index (χ4n) is 4.21. The Morgan fingerprint density at radius 1 is 1.12 bits per heavy atom. The zero-order chi connectivity index (χ0) is 23.5. The number of benzene rings is 2. The van der Waals surface area contributed by atoms with Crippen LogP contribution < -0.4 is 16.2 Å². The molecule has 2 amide bonds. The van der Waals surface area contributed by atoms with E-state index in [1.54, 1.807) is 64.5 Å². The Balaban J connectivity index is 2.03. The molecule has 0 aromatic heterocycles. The molecule has 8 nitrogen and oxygen atoms in total. The number of hydrogen-bond acceptors (Lipinski definition) is 6. The average molecular weight is 439 g/mol. The lowest BCUT2D eigenvalue weighted by Gasteiger charge is -2.51. The minimum Gasteiger partial charge on any atom is -0.288 e. The van der Waals surface area contributed by atoms with E-state index in [1.807, 2.05) is 0 Å². The summed E-state index contributed by atoms with van der Waals surface area (Å²) in [4.78, 5) is 27.4. The van der Waals surface area contributed by atoms with Crippen LogP contribution in [0.4, 0.5) is 4.39 Å². The summed E-state index contributed by atoms with van der Waals surface area (Å²) >= 11 is 0. The Kier molecular flexibility index (Phi) is 6.89. The standard InChI is InChI=1S/C23H27FN6O2/c1-15-11-16(9-10-19(15)24)13-23(26-2)22(32)29(27-3)20(21(31)30(23)28-4)12-17-7-5-6-8-18(17)14-25/h5-11,20,26-28H,12-13H2,1-4H3. The molecule has 0 spiro atoms. The summed E-state index contributed by atoms with van der Waals surface area (Å²) in [6.07, 6.45) is 0.290. The number of carbonyl (C=O) groups excluding carboxylic acids is 2. The fourth-order valence-corrected chi connectivity index (χ4v) is 4.21. The summed E-state index contributed by atoms with van der Waals surface area (Å²) in [7, 11) is 4.75.